The van der Waals surface area contributed by atoms with E-state index in [-0.39, 0.29) is 24.1 Å². The zero-order valence-corrected chi connectivity index (χ0v) is 19.2. The first-order chi connectivity index (χ1) is 15.9. The van der Waals surface area contributed by atoms with Crippen LogP contribution in [0.15, 0.2) is 48.7 Å². The van der Waals surface area contributed by atoms with E-state index in [1.54, 1.807) is 29.3 Å². The molecule has 3 aromatic rings. The van der Waals surface area contributed by atoms with Crippen molar-refractivity contribution < 1.29 is 14.7 Å². The van der Waals surface area contributed by atoms with Crippen LogP contribution in [0.3, 0.4) is 0 Å². The summed E-state index contributed by atoms with van der Waals surface area (Å²) in [6, 6.07) is 12.5. The molecule has 6 nitrogen and oxygen atoms in total. The SMILES string of the molecule is O=C(CN1C(=O)CCc2cc(-c3cc(Cl)cc(Cl)c3)cnc21)N1CCc2cc(O)ccc2C1. The number of phenols is 1. The minimum atomic E-state index is -0.123. The Morgan fingerprint density at radius 1 is 0.939 bits per heavy atom. The molecule has 2 aromatic carbocycles. The fraction of sp³-hybridized carbons (Fsp3) is 0.240. The predicted octanol–water partition coefficient (Wildman–Crippen LogP) is 4.63. The van der Waals surface area contributed by atoms with Crippen molar-refractivity contribution in [1.29, 1.82) is 0 Å². The van der Waals surface area contributed by atoms with Gasteiger partial charge in [0.15, 0.2) is 0 Å². The van der Waals surface area contributed by atoms with Gasteiger partial charge in [0.25, 0.3) is 0 Å². The van der Waals surface area contributed by atoms with Crippen LogP contribution in [0.5, 0.6) is 5.75 Å². The van der Waals surface area contributed by atoms with E-state index < -0.39 is 0 Å². The van der Waals surface area contributed by atoms with Gasteiger partial charge in [0.2, 0.25) is 11.8 Å². The molecule has 0 aliphatic carbocycles. The fourth-order valence-electron chi connectivity index (χ4n) is 4.45. The summed E-state index contributed by atoms with van der Waals surface area (Å²) in [6.07, 6.45) is 3.24. The van der Waals surface area contributed by atoms with Gasteiger partial charge in [-0.25, -0.2) is 4.98 Å². The molecule has 0 saturated heterocycles. The first-order valence-corrected chi connectivity index (χ1v) is 11.5. The standard InChI is InChI=1S/C25H21Cl2N3O3/c26-20-8-18(9-21(27)11-20)19-7-16-2-4-23(32)30(25(16)28-12-19)14-24(33)29-6-5-15-10-22(31)3-1-17(15)13-29/h1,3,7-12,31H,2,4-6,13-14H2. The first-order valence-electron chi connectivity index (χ1n) is 10.7. The lowest BCUT2D eigenvalue weighted by Gasteiger charge is -2.33. The number of aromatic nitrogens is 1. The second-order valence-corrected chi connectivity index (χ2v) is 9.24. The summed E-state index contributed by atoms with van der Waals surface area (Å²) in [6.45, 7) is 0.964. The Morgan fingerprint density at radius 2 is 1.73 bits per heavy atom. The molecule has 2 aliphatic rings. The highest BCUT2D eigenvalue weighted by molar-refractivity contribution is 6.35. The molecule has 2 aliphatic heterocycles. The third kappa shape index (κ3) is 4.41. The highest BCUT2D eigenvalue weighted by atomic mass is 35.5. The molecule has 0 unspecified atom stereocenters. The number of fused-ring (bicyclic) bond motifs is 2. The number of aryl methyl sites for hydroxylation is 1. The lowest BCUT2D eigenvalue weighted by atomic mass is 9.99. The number of phenolic OH excluding ortho intramolecular Hbond substituents is 1. The van der Waals surface area contributed by atoms with E-state index in [9.17, 15) is 14.7 Å². The number of aromatic hydroxyl groups is 1. The minimum absolute atomic E-state index is 0.0470. The van der Waals surface area contributed by atoms with Gasteiger partial charge in [0.1, 0.15) is 18.1 Å². The van der Waals surface area contributed by atoms with Gasteiger partial charge < -0.3 is 10.0 Å². The van der Waals surface area contributed by atoms with Crippen molar-refractivity contribution in [3.8, 4) is 16.9 Å². The molecule has 5 rings (SSSR count). The molecule has 0 fully saturated rings. The van der Waals surface area contributed by atoms with Crippen LogP contribution in [0, 0.1) is 0 Å². The number of rotatable bonds is 3. The van der Waals surface area contributed by atoms with Gasteiger partial charge in [0.05, 0.1) is 0 Å². The maximum absolute atomic E-state index is 13.1. The molecular weight excluding hydrogens is 461 g/mol. The van der Waals surface area contributed by atoms with Crippen molar-refractivity contribution in [3.63, 3.8) is 0 Å². The average Bonchev–Trinajstić information content (AvgIpc) is 2.79. The van der Waals surface area contributed by atoms with Crippen molar-refractivity contribution in [2.45, 2.75) is 25.8 Å². The number of carbonyl (C=O) groups is 2. The molecule has 3 heterocycles. The summed E-state index contributed by atoms with van der Waals surface area (Å²) < 4.78 is 0. The predicted molar refractivity (Wildman–Crippen MR) is 128 cm³/mol. The molecule has 0 spiro atoms. The zero-order valence-electron chi connectivity index (χ0n) is 17.7. The lowest BCUT2D eigenvalue weighted by molar-refractivity contribution is -0.132. The highest BCUT2D eigenvalue weighted by Crippen LogP contribution is 2.32. The van der Waals surface area contributed by atoms with Crippen LogP contribution in [0.25, 0.3) is 11.1 Å². The van der Waals surface area contributed by atoms with Gasteiger partial charge in [-0.15, -0.1) is 0 Å². The number of benzene rings is 2. The van der Waals surface area contributed by atoms with E-state index in [1.165, 1.54) is 4.90 Å². The third-order valence-corrected chi connectivity index (χ3v) is 6.59. The van der Waals surface area contributed by atoms with Gasteiger partial charge in [-0.2, -0.15) is 0 Å². The molecule has 8 heteroatoms. The highest BCUT2D eigenvalue weighted by Gasteiger charge is 2.30. The Balaban J connectivity index is 1.37. The van der Waals surface area contributed by atoms with Gasteiger partial charge in [-0.1, -0.05) is 29.3 Å². The van der Waals surface area contributed by atoms with E-state index in [2.05, 4.69) is 4.98 Å². The van der Waals surface area contributed by atoms with Crippen LogP contribution in [-0.4, -0.2) is 39.9 Å². The second-order valence-electron chi connectivity index (χ2n) is 8.36. The van der Waals surface area contributed by atoms with Gasteiger partial charge in [-0.3, -0.25) is 14.5 Å². The number of halogens is 2. The number of anilines is 1. The maximum atomic E-state index is 13.1. The minimum Gasteiger partial charge on any atom is -0.508 e. The van der Waals surface area contributed by atoms with Gasteiger partial charge in [-0.05, 0) is 71.5 Å². The van der Waals surface area contributed by atoms with Crippen molar-refractivity contribution in [2.75, 3.05) is 18.0 Å². The van der Waals surface area contributed by atoms with Crippen molar-refractivity contribution in [2.24, 2.45) is 0 Å². The molecule has 0 radical (unpaired) electrons. The third-order valence-electron chi connectivity index (χ3n) is 6.15. The van der Waals surface area contributed by atoms with Crippen molar-refractivity contribution in [1.82, 2.24) is 9.88 Å². The molecule has 168 valence electrons. The van der Waals surface area contributed by atoms with Crippen molar-refractivity contribution >= 4 is 40.8 Å². The molecule has 1 aromatic heterocycles. The molecule has 2 amide bonds. The van der Waals surface area contributed by atoms with E-state index >= 15 is 0 Å². The van der Waals surface area contributed by atoms with Crippen LogP contribution in [-0.2, 0) is 29.0 Å². The number of amides is 2. The number of hydrogen-bond acceptors (Lipinski definition) is 4. The Labute approximate surface area is 201 Å². The summed E-state index contributed by atoms with van der Waals surface area (Å²) in [5.41, 5.74) is 4.68. The summed E-state index contributed by atoms with van der Waals surface area (Å²) in [5.74, 6) is 0.528. The van der Waals surface area contributed by atoms with Crippen molar-refractivity contribution in [3.05, 3.63) is 75.4 Å². The molecular formula is C25H21Cl2N3O3. The summed E-state index contributed by atoms with van der Waals surface area (Å²) in [4.78, 5) is 33.6. The average molecular weight is 482 g/mol. The van der Waals surface area contributed by atoms with Crippen LogP contribution in [0.2, 0.25) is 10.0 Å². The summed E-state index contributed by atoms with van der Waals surface area (Å²) in [7, 11) is 0. The lowest BCUT2D eigenvalue weighted by Crippen LogP contribution is -2.46. The van der Waals surface area contributed by atoms with E-state index in [0.29, 0.717) is 48.2 Å². The number of pyridine rings is 1. The Hall–Kier alpha value is -3.09. The smallest absolute Gasteiger partial charge is 0.243 e. The summed E-state index contributed by atoms with van der Waals surface area (Å²) >= 11 is 12.3. The van der Waals surface area contributed by atoms with Crippen LogP contribution in [0.1, 0.15) is 23.1 Å². The van der Waals surface area contributed by atoms with Crippen LogP contribution in [0.4, 0.5) is 5.82 Å². The summed E-state index contributed by atoms with van der Waals surface area (Å²) in [5, 5.41) is 10.8. The Bertz CT molecular complexity index is 1260. The molecule has 0 bridgehead atoms. The fourth-order valence-corrected chi connectivity index (χ4v) is 4.98. The van der Waals surface area contributed by atoms with Gasteiger partial charge in [0, 0.05) is 41.3 Å². The topological polar surface area (TPSA) is 73.7 Å². The number of nitrogens with zero attached hydrogens (tertiary/aromatic N) is 3. The first kappa shape index (κ1) is 21.7. The van der Waals surface area contributed by atoms with Crippen LogP contribution < -0.4 is 4.90 Å². The Morgan fingerprint density at radius 3 is 2.52 bits per heavy atom. The molecule has 33 heavy (non-hydrogen) atoms. The normalized spacial score (nSPS) is 15.3. The number of hydrogen-bond donors (Lipinski definition) is 1. The second kappa shape index (κ2) is 8.69. The monoisotopic (exact) mass is 481 g/mol. The molecule has 1 N–H and O–H groups in total. The zero-order chi connectivity index (χ0) is 23.1. The van der Waals surface area contributed by atoms with E-state index in [0.717, 1.165) is 27.8 Å². The maximum Gasteiger partial charge on any atom is 0.243 e. The largest absolute Gasteiger partial charge is 0.508 e. The van der Waals surface area contributed by atoms with E-state index in [4.69, 9.17) is 23.2 Å². The molecule has 0 atom stereocenters. The quantitative estimate of drug-likeness (QED) is 0.591. The van der Waals surface area contributed by atoms with Gasteiger partial charge >= 0.3 is 0 Å². The van der Waals surface area contributed by atoms with E-state index in [1.807, 2.05) is 24.3 Å². The Kier molecular flexibility index (Phi) is 5.72. The number of carbonyl (C=O) groups excluding carboxylic acids is 2. The van der Waals surface area contributed by atoms with Crippen LogP contribution >= 0.6 is 23.2 Å². The molecule has 0 saturated carbocycles.